The minimum absolute atomic E-state index is 0.0381. The van der Waals surface area contributed by atoms with Crippen LogP contribution in [0.2, 0.25) is 0 Å². The first-order valence-corrected chi connectivity index (χ1v) is 17.0. The lowest BCUT2D eigenvalue weighted by molar-refractivity contribution is 0.107. The van der Waals surface area contributed by atoms with E-state index in [2.05, 4.69) is 0 Å². The van der Waals surface area contributed by atoms with Crippen LogP contribution in [-0.2, 0) is 42.0 Å². The van der Waals surface area contributed by atoms with Crippen molar-refractivity contribution >= 4 is 52.3 Å². The van der Waals surface area contributed by atoms with E-state index in [9.17, 15) is 44.3 Å². The lowest BCUT2D eigenvalue weighted by atomic mass is 10.2. The van der Waals surface area contributed by atoms with Crippen LogP contribution in [0.15, 0.2) is 60.7 Å². The molecular formula is C23H26F2O8S4. The average molecular weight is 597 g/mol. The van der Waals surface area contributed by atoms with Gasteiger partial charge in [-0.3, -0.25) is 0 Å². The summed E-state index contributed by atoms with van der Waals surface area (Å²) in [5.41, 5.74) is 1.79. The van der Waals surface area contributed by atoms with Crippen molar-refractivity contribution < 1.29 is 44.3 Å². The topological polar surface area (TPSA) is 149 Å². The molecular weight excluding hydrogens is 571 g/mol. The average Bonchev–Trinajstić information content (AvgIpc) is 3.59. The minimum atomic E-state index is -6.44. The Labute approximate surface area is 221 Å². The molecule has 2 aliphatic rings. The van der Waals surface area contributed by atoms with Crippen molar-refractivity contribution in [1.29, 1.82) is 0 Å². The zero-order valence-electron chi connectivity index (χ0n) is 19.6. The fourth-order valence-electron chi connectivity index (χ4n) is 3.29. The molecule has 0 spiro atoms. The van der Waals surface area contributed by atoms with Crippen molar-refractivity contribution in [2.45, 2.75) is 30.3 Å². The van der Waals surface area contributed by atoms with Gasteiger partial charge in [0.15, 0.2) is 20.2 Å². The molecule has 0 saturated carbocycles. The summed E-state index contributed by atoms with van der Waals surface area (Å²) in [4.78, 5) is 23.7. The van der Waals surface area contributed by atoms with Gasteiger partial charge in [-0.1, -0.05) is 36.4 Å². The summed E-state index contributed by atoms with van der Waals surface area (Å²) in [5, 5.41) is 0.746. The Kier molecular flexibility index (Phi) is 11.7. The predicted molar refractivity (Wildman–Crippen MR) is 139 cm³/mol. The van der Waals surface area contributed by atoms with Crippen LogP contribution in [-0.4, -0.2) is 63.8 Å². The Bertz CT molecular complexity index is 1140. The molecule has 0 amide bonds. The highest BCUT2D eigenvalue weighted by Crippen LogP contribution is 2.25. The second-order valence-corrected chi connectivity index (χ2v) is 15.3. The summed E-state index contributed by atoms with van der Waals surface area (Å²) in [6, 6.07) is 19.4. The van der Waals surface area contributed by atoms with Crippen molar-refractivity contribution in [3.8, 4) is 0 Å². The van der Waals surface area contributed by atoms with Gasteiger partial charge in [0.05, 0.1) is 32.9 Å². The van der Waals surface area contributed by atoms with Gasteiger partial charge in [-0.15, -0.1) is 0 Å². The van der Waals surface area contributed by atoms with Gasteiger partial charge >= 0.3 is 14.8 Å². The smallest absolute Gasteiger partial charge is 0.422 e. The summed E-state index contributed by atoms with van der Waals surface area (Å²) in [6.07, 6.45) is 4.95. The summed E-state index contributed by atoms with van der Waals surface area (Å²) >= 11 is 0. The second-order valence-electron chi connectivity index (χ2n) is 7.89. The monoisotopic (exact) mass is 596 g/mol. The molecule has 0 bridgehead atoms. The molecule has 0 aromatic heterocycles. The zero-order chi connectivity index (χ0) is 27.7. The molecule has 0 unspecified atom stereocenters. The molecule has 2 saturated heterocycles. The third kappa shape index (κ3) is 9.14. The molecule has 0 radical (unpaired) electrons. The van der Waals surface area contributed by atoms with Crippen molar-refractivity contribution in [3.05, 3.63) is 71.8 Å². The third-order valence-electron chi connectivity index (χ3n) is 5.19. The largest absolute Gasteiger partial charge is 0.743 e. The Morgan fingerprint density at radius 2 is 0.892 bits per heavy atom. The summed E-state index contributed by atoms with van der Waals surface area (Å²) < 4.78 is 74.0. The van der Waals surface area contributed by atoms with Crippen LogP contribution in [0.3, 0.4) is 0 Å². The maximum absolute atomic E-state index is 11.9. The number of rotatable bonds is 4. The molecule has 37 heavy (non-hydrogen) atoms. The van der Waals surface area contributed by atoms with Gasteiger partial charge in [0.2, 0.25) is 0 Å². The maximum atomic E-state index is 11.9. The highest BCUT2D eigenvalue weighted by molar-refractivity contribution is 8.11. The van der Waals surface area contributed by atoms with E-state index in [1.807, 2.05) is 60.7 Å². The van der Waals surface area contributed by atoms with E-state index in [4.69, 9.17) is 0 Å². The molecule has 0 N–H and O–H groups in total. The van der Waals surface area contributed by atoms with Gasteiger partial charge in [0, 0.05) is 0 Å². The van der Waals surface area contributed by atoms with E-state index in [1.54, 1.807) is 0 Å². The Morgan fingerprint density at radius 3 is 1.11 bits per heavy atom. The number of hydrogen-bond donors (Lipinski definition) is 0. The van der Waals surface area contributed by atoms with Crippen LogP contribution in [0.1, 0.15) is 46.4 Å². The number of carbonyl (C=O) groups excluding carboxylic acids is 2. The molecule has 2 heterocycles. The normalized spacial score (nSPS) is 16.8. The molecule has 8 nitrogen and oxygen atoms in total. The molecule has 4 rings (SSSR count). The highest BCUT2D eigenvalue weighted by Gasteiger charge is 2.45. The van der Waals surface area contributed by atoms with E-state index in [1.165, 1.54) is 25.7 Å². The highest BCUT2D eigenvalue weighted by atomic mass is 32.3. The van der Waals surface area contributed by atoms with Crippen molar-refractivity contribution in [3.63, 3.8) is 0 Å². The molecule has 0 aliphatic carbocycles. The van der Waals surface area contributed by atoms with Gasteiger partial charge in [0.25, 0.3) is 0 Å². The van der Waals surface area contributed by atoms with Gasteiger partial charge in [0.1, 0.15) is 23.0 Å². The Balaban J connectivity index is 0.000000196. The van der Waals surface area contributed by atoms with Crippen LogP contribution >= 0.6 is 0 Å². The quantitative estimate of drug-likeness (QED) is 0.386. The van der Waals surface area contributed by atoms with Crippen LogP contribution < -0.4 is 0 Å². The van der Waals surface area contributed by atoms with Gasteiger partial charge in [-0.2, -0.15) is 8.78 Å². The van der Waals surface area contributed by atoms with E-state index in [-0.39, 0.29) is 21.8 Å². The minimum Gasteiger partial charge on any atom is -0.743 e. The third-order valence-corrected chi connectivity index (χ3v) is 12.2. The number of benzene rings is 2. The first kappa shape index (κ1) is 31.4. The first-order valence-electron chi connectivity index (χ1n) is 11.1. The van der Waals surface area contributed by atoms with Crippen molar-refractivity contribution in [2.75, 3.05) is 23.0 Å². The standard InChI is InChI=1S/2C11H13OS.CH2F2O6S2/c2*12-11(13-8-4-5-9-13)10-6-2-1-3-7-10;2-1(3,10(4,5)6)11(7,8)9/h2*1-3,6-7H,4-5,8-9H2;(H,4,5,6)(H,7,8,9)/q2*+1;/p-2. The number of halogens is 2. The van der Waals surface area contributed by atoms with Crippen molar-refractivity contribution in [2.24, 2.45) is 0 Å². The lowest BCUT2D eigenvalue weighted by Crippen LogP contribution is -2.37. The first-order chi connectivity index (χ1) is 17.3. The van der Waals surface area contributed by atoms with Gasteiger partial charge < -0.3 is 9.11 Å². The van der Waals surface area contributed by atoms with Gasteiger partial charge in [-0.05, 0) is 49.9 Å². The van der Waals surface area contributed by atoms with E-state index in [0.29, 0.717) is 10.2 Å². The predicted octanol–water partition coefficient (Wildman–Crippen LogP) is 3.10. The Morgan fingerprint density at radius 1 is 0.622 bits per heavy atom. The molecule has 2 aromatic rings. The second kappa shape index (κ2) is 13.8. The molecule has 0 atom stereocenters. The SMILES string of the molecule is O=C(c1ccccc1)[S+]1CCCC1.O=C(c1ccccc1)[S+]1CCCC1.O=S(=O)([O-])C(F)(F)S(=O)(=O)[O-]. The van der Waals surface area contributed by atoms with E-state index >= 15 is 0 Å². The van der Waals surface area contributed by atoms with Crippen LogP contribution in [0, 0.1) is 0 Å². The van der Waals surface area contributed by atoms with Crippen LogP contribution in [0.4, 0.5) is 8.78 Å². The molecule has 2 aliphatic heterocycles. The number of carbonyl (C=O) groups is 2. The summed E-state index contributed by atoms with van der Waals surface area (Å²) in [6.45, 7) is 0. The lowest BCUT2D eigenvalue weighted by Gasteiger charge is -2.21. The molecule has 14 heteroatoms. The molecule has 204 valence electrons. The Hall–Kier alpha value is -1.84. The maximum Gasteiger partial charge on any atom is 0.422 e. The van der Waals surface area contributed by atoms with Crippen LogP contribution in [0.5, 0.6) is 0 Å². The van der Waals surface area contributed by atoms with Crippen molar-refractivity contribution in [1.82, 2.24) is 0 Å². The summed E-state index contributed by atoms with van der Waals surface area (Å²) in [7, 11) is -12.8. The fraction of sp³-hybridized carbons (Fsp3) is 0.391. The zero-order valence-corrected chi connectivity index (χ0v) is 22.9. The van der Waals surface area contributed by atoms with E-state index in [0.717, 1.165) is 34.1 Å². The van der Waals surface area contributed by atoms with Gasteiger partial charge in [-0.25, -0.2) is 26.4 Å². The number of hydrogen-bond acceptors (Lipinski definition) is 8. The van der Waals surface area contributed by atoms with Crippen LogP contribution in [0.25, 0.3) is 0 Å². The fourth-order valence-corrected chi connectivity index (χ4v) is 8.59. The summed E-state index contributed by atoms with van der Waals surface area (Å²) in [5.74, 6) is 4.48. The molecule has 2 aromatic carbocycles. The van der Waals surface area contributed by atoms with E-state index < -0.39 is 24.8 Å². The number of alkyl halides is 2. The molecule has 2 fully saturated rings.